The van der Waals surface area contributed by atoms with E-state index >= 15 is 0 Å². The summed E-state index contributed by atoms with van der Waals surface area (Å²) in [6, 6.07) is 8.97. The molecule has 2 N–H and O–H groups in total. The van der Waals surface area contributed by atoms with E-state index in [1.54, 1.807) is 6.07 Å². The average molecular weight is 389 g/mol. The minimum absolute atomic E-state index is 0.0252. The summed E-state index contributed by atoms with van der Waals surface area (Å²) in [5.41, 5.74) is 0.366. The third-order valence-electron chi connectivity index (χ3n) is 2.64. The Hall–Kier alpha value is -1.56. The van der Waals surface area contributed by atoms with E-state index in [0.29, 0.717) is 9.50 Å². The molecule has 2 aromatic carbocycles. The zero-order valence-electron chi connectivity index (χ0n) is 10.4. The number of anilines is 1. The summed E-state index contributed by atoms with van der Waals surface area (Å²) in [7, 11) is 0. The zero-order chi connectivity index (χ0) is 15.6. The van der Waals surface area contributed by atoms with Crippen LogP contribution in [0.25, 0.3) is 0 Å². The van der Waals surface area contributed by atoms with Crippen molar-refractivity contribution in [3.8, 4) is 0 Å². The van der Waals surface area contributed by atoms with Gasteiger partial charge in [-0.25, -0.2) is 4.79 Å². The smallest absolute Gasteiger partial charge is 0.337 e. The van der Waals surface area contributed by atoms with Crippen LogP contribution in [0.1, 0.15) is 20.7 Å². The molecule has 2 aromatic rings. The molecule has 4 nitrogen and oxygen atoms in total. The predicted molar refractivity (Wildman–Crippen MR) is 85.5 cm³/mol. The van der Waals surface area contributed by atoms with E-state index in [1.165, 1.54) is 30.3 Å². The molecule has 1 amide bonds. The topological polar surface area (TPSA) is 66.4 Å². The lowest BCUT2D eigenvalue weighted by Crippen LogP contribution is -2.15. The van der Waals surface area contributed by atoms with Crippen LogP contribution in [0.4, 0.5) is 5.69 Å². The molecule has 0 spiro atoms. The number of aromatic carboxylic acids is 1. The van der Waals surface area contributed by atoms with Crippen LogP contribution in [-0.4, -0.2) is 17.0 Å². The maximum Gasteiger partial charge on any atom is 0.337 e. The van der Waals surface area contributed by atoms with Crippen LogP contribution in [0.3, 0.4) is 0 Å². The number of rotatable bonds is 3. The lowest BCUT2D eigenvalue weighted by Gasteiger charge is -2.10. The van der Waals surface area contributed by atoms with Crippen molar-refractivity contribution in [2.75, 3.05) is 5.32 Å². The monoisotopic (exact) mass is 387 g/mol. The number of hydrogen-bond donors (Lipinski definition) is 2. The fraction of sp³-hybridized carbons (Fsp3) is 0. The molecule has 0 aliphatic carbocycles. The molecular weight excluding hydrogens is 381 g/mol. The summed E-state index contributed by atoms with van der Waals surface area (Å²) in [5.74, 6) is -1.66. The number of benzene rings is 2. The van der Waals surface area contributed by atoms with E-state index in [0.717, 1.165) is 0 Å². The van der Waals surface area contributed by atoms with E-state index in [4.69, 9.17) is 28.3 Å². The largest absolute Gasteiger partial charge is 0.478 e. The van der Waals surface area contributed by atoms with Crippen LogP contribution in [0, 0.1) is 0 Å². The highest BCUT2D eigenvalue weighted by molar-refractivity contribution is 9.10. The highest BCUT2D eigenvalue weighted by Crippen LogP contribution is 2.25. The van der Waals surface area contributed by atoms with Gasteiger partial charge >= 0.3 is 5.97 Å². The summed E-state index contributed by atoms with van der Waals surface area (Å²) >= 11 is 14.9. The van der Waals surface area contributed by atoms with Crippen molar-refractivity contribution >= 4 is 56.7 Å². The van der Waals surface area contributed by atoms with Crippen molar-refractivity contribution in [1.29, 1.82) is 0 Å². The van der Waals surface area contributed by atoms with Crippen molar-refractivity contribution < 1.29 is 14.7 Å². The second-order valence-corrected chi connectivity index (χ2v) is 5.83. The quantitative estimate of drug-likeness (QED) is 0.800. The third-order valence-corrected chi connectivity index (χ3v) is 3.68. The van der Waals surface area contributed by atoms with Crippen molar-refractivity contribution in [2.24, 2.45) is 0 Å². The minimum atomic E-state index is -1.14. The summed E-state index contributed by atoms with van der Waals surface area (Å²) in [4.78, 5) is 23.4. The van der Waals surface area contributed by atoms with Gasteiger partial charge in [-0.3, -0.25) is 4.79 Å². The van der Waals surface area contributed by atoms with E-state index in [9.17, 15) is 9.59 Å². The molecule has 0 aromatic heterocycles. The lowest BCUT2D eigenvalue weighted by molar-refractivity contribution is 0.0698. The second-order valence-electron chi connectivity index (χ2n) is 4.07. The molecule has 108 valence electrons. The van der Waals surface area contributed by atoms with Gasteiger partial charge in [0, 0.05) is 9.50 Å². The van der Waals surface area contributed by atoms with Gasteiger partial charge in [0.1, 0.15) is 0 Å². The van der Waals surface area contributed by atoms with Gasteiger partial charge in [0.2, 0.25) is 0 Å². The van der Waals surface area contributed by atoms with Gasteiger partial charge < -0.3 is 10.4 Å². The van der Waals surface area contributed by atoms with E-state index in [-0.39, 0.29) is 21.8 Å². The zero-order valence-corrected chi connectivity index (χ0v) is 13.5. The molecule has 0 aliphatic heterocycles. The standard InChI is InChI=1S/C14H8BrCl2NO3/c15-7-1-4-12(10(5-7)14(20)21)18-13(19)9-3-2-8(16)6-11(9)17/h1-6H,(H,18,19)(H,20,21). The Morgan fingerprint density at radius 3 is 2.38 bits per heavy atom. The molecule has 7 heteroatoms. The molecule has 0 bridgehead atoms. The molecular formula is C14H8BrCl2NO3. The van der Waals surface area contributed by atoms with Crippen LogP contribution < -0.4 is 5.32 Å². The maximum atomic E-state index is 12.2. The van der Waals surface area contributed by atoms with Gasteiger partial charge in [0.25, 0.3) is 5.91 Å². The van der Waals surface area contributed by atoms with E-state index in [1.807, 2.05) is 0 Å². The summed E-state index contributed by atoms with van der Waals surface area (Å²) in [6.07, 6.45) is 0. The predicted octanol–water partition coefficient (Wildman–Crippen LogP) is 4.71. The van der Waals surface area contributed by atoms with Crippen molar-refractivity contribution in [2.45, 2.75) is 0 Å². The first-order valence-corrected chi connectivity index (χ1v) is 7.22. The molecule has 0 fully saturated rings. The maximum absolute atomic E-state index is 12.2. The summed E-state index contributed by atoms with van der Waals surface area (Å²) < 4.78 is 0.599. The first kappa shape index (κ1) is 15.8. The van der Waals surface area contributed by atoms with Gasteiger partial charge in [-0.05, 0) is 36.4 Å². The normalized spacial score (nSPS) is 10.2. The Kier molecular flexibility index (Phi) is 4.88. The SMILES string of the molecule is O=C(Nc1ccc(Br)cc1C(=O)O)c1ccc(Cl)cc1Cl. The van der Waals surface area contributed by atoms with Gasteiger partial charge in [0.15, 0.2) is 0 Å². The molecule has 0 atom stereocenters. The molecule has 0 heterocycles. The summed E-state index contributed by atoms with van der Waals surface area (Å²) in [6.45, 7) is 0. The molecule has 21 heavy (non-hydrogen) atoms. The van der Waals surface area contributed by atoms with Gasteiger partial charge in [0.05, 0.1) is 21.8 Å². The number of hydrogen-bond acceptors (Lipinski definition) is 2. The highest BCUT2D eigenvalue weighted by atomic mass is 79.9. The minimum Gasteiger partial charge on any atom is -0.478 e. The van der Waals surface area contributed by atoms with Crippen LogP contribution in [0.15, 0.2) is 40.9 Å². The molecule has 0 unspecified atom stereocenters. The molecule has 2 rings (SSSR count). The molecule has 0 aliphatic rings. The number of carboxylic acid groups (broad SMARTS) is 1. The number of carbonyl (C=O) groups is 2. The van der Waals surface area contributed by atoms with Crippen LogP contribution >= 0.6 is 39.1 Å². The van der Waals surface area contributed by atoms with Gasteiger partial charge in [-0.1, -0.05) is 39.1 Å². The van der Waals surface area contributed by atoms with Gasteiger partial charge in [-0.15, -0.1) is 0 Å². The first-order chi connectivity index (χ1) is 9.88. The van der Waals surface area contributed by atoms with Crippen LogP contribution in [0.2, 0.25) is 10.0 Å². The number of carboxylic acids is 1. The fourth-order valence-corrected chi connectivity index (χ4v) is 2.52. The van der Waals surface area contributed by atoms with Crippen molar-refractivity contribution in [3.63, 3.8) is 0 Å². The molecule has 0 saturated heterocycles. The van der Waals surface area contributed by atoms with Crippen LogP contribution in [-0.2, 0) is 0 Å². The average Bonchev–Trinajstić information content (AvgIpc) is 2.40. The van der Waals surface area contributed by atoms with Crippen LogP contribution in [0.5, 0.6) is 0 Å². The van der Waals surface area contributed by atoms with Gasteiger partial charge in [-0.2, -0.15) is 0 Å². The molecule has 0 radical (unpaired) electrons. The Labute approximate surface area is 138 Å². The third kappa shape index (κ3) is 3.75. The second kappa shape index (κ2) is 6.47. The Balaban J connectivity index is 2.34. The summed E-state index contributed by atoms with van der Waals surface area (Å²) in [5, 5.41) is 12.3. The van der Waals surface area contributed by atoms with E-state index in [2.05, 4.69) is 21.2 Å². The van der Waals surface area contributed by atoms with E-state index < -0.39 is 11.9 Å². The Morgan fingerprint density at radius 2 is 1.76 bits per heavy atom. The molecule has 0 saturated carbocycles. The first-order valence-electron chi connectivity index (χ1n) is 5.67. The fourth-order valence-electron chi connectivity index (χ4n) is 1.67. The van der Waals surface area contributed by atoms with Crippen molar-refractivity contribution in [1.82, 2.24) is 0 Å². The highest BCUT2D eigenvalue weighted by Gasteiger charge is 2.16. The van der Waals surface area contributed by atoms with Crippen molar-refractivity contribution in [3.05, 3.63) is 62.0 Å². The number of carbonyl (C=O) groups excluding carboxylic acids is 1. The number of amides is 1. The number of halogens is 3. The number of nitrogens with one attached hydrogen (secondary N) is 1. The Morgan fingerprint density at radius 1 is 1.05 bits per heavy atom. The Bertz CT molecular complexity index is 734. The lowest BCUT2D eigenvalue weighted by atomic mass is 10.1.